The van der Waals surface area contributed by atoms with Crippen molar-refractivity contribution in [2.24, 2.45) is 0 Å². The van der Waals surface area contributed by atoms with E-state index < -0.39 is 12.0 Å². The Bertz CT molecular complexity index is 432. The Morgan fingerprint density at radius 2 is 1.89 bits per heavy atom. The molecule has 0 unspecified atom stereocenters. The van der Waals surface area contributed by atoms with E-state index in [1.54, 1.807) is 19.1 Å². The monoisotopic (exact) mass is 378 g/mol. The van der Waals surface area contributed by atoms with Gasteiger partial charge in [-0.3, -0.25) is 4.79 Å². The number of carbonyl (C=O) groups excluding carboxylic acids is 2. The number of hydrogen-bond donors (Lipinski definition) is 2. The molecule has 2 N–H and O–H groups in total. The molecule has 0 aromatic heterocycles. The van der Waals surface area contributed by atoms with Crippen LogP contribution in [0.5, 0.6) is 0 Å². The van der Waals surface area contributed by atoms with Crippen LogP contribution in [-0.2, 0) is 9.53 Å². The van der Waals surface area contributed by atoms with Crippen molar-refractivity contribution < 1.29 is 14.3 Å². The molecular formula is C11H12Br2N2O3. The molecule has 5 nitrogen and oxygen atoms in total. The van der Waals surface area contributed by atoms with Gasteiger partial charge in [0.2, 0.25) is 0 Å². The number of nitrogens with one attached hydrogen (secondary N) is 2. The number of carbonyl (C=O) groups is 2. The third kappa shape index (κ3) is 4.66. The van der Waals surface area contributed by atoms with Crippen LogP contribution in [0.3, 0.4) is 0 Å². The minimum Gasteiger partial charge on any atom is -0.465 e. The van der Waals surface area contributed by atoms with E-state index in [2.05, 4.69) is 47.2 Å². The fourth-order valence-corrected chi connectivity index (χ4v) is 2.34. The van der Waals surface area contributed by atoms with Gasteiger partial charge in [-0.1, -0.05) is 6.07 Å². The van der Waals surface area contributed by atoms with Crippen molar-refractivity contribution >= 4 is 49.5 Å². The SMILES string of the molecule is CCOC(=O)CNC(=O)Nc1c(Br)cccc1Br. The summed E-state index contributed by atoms with van der Waals surface area (Å²) in [6.07, 6.45) is 0. The van der Waals surface area contributed by atoms with Crippen molar-refractivity contribution in [2.75, 3.05) is 18.5 Å². The van der Waals surface area contributed by atoms with Gasteiger partial charge in [0.05, 0.1) is 12.3 Å². The fraction of sp³-hybridized carbons (Fsp3) is 0.273. The number of rotatable bonds is 4. The number of anilines is 1. The van der Waals surface area contributed by atoms with Gasteiger partial charge in [0.15, 0.2) is 0 Å². The summed E-state index contributed by atoms with van der Waals surface area (Å²) >= 11 is 6.63. The molecular weight excluding hydrogens is 368 g/mol. The summed E-state index contributed by atoms with van der Waals surface area (Å²) in [7, 11) is 0. The quantitative estimate of drug-likeness (QED) is 0.790. The van der Waals surface area contributed by atoms with Crippen molar-refractivity contribution in [2.45, 2.75) is 6.92 Å². The van der Waals surface area contributed by atoms with Crippen LogP contribution in [0.15, 0.2) is 27.1 Å². The lowest BCUT2D eigenvalue weighted by atomic mass is 10.3. The molecule has 0 saturated heterocycles. The molecule has 0 aliphatic carbocycles. The molecule has 0 aliphatic heterocycles. The highest BCUT2D eigenvalue weighted by atomic mass is 79.9. The Morgan fingerprint density at radius 1 is 1.28 bits per heavy atom. The molecule has 18 heavy (non-hydrogen) atoms. The molecule has 1 aromatic carbocycles. The predicted octanol–water partition coefficient (Wildman–Crippen LogP) is 2.90. The summed E-state index contributed by atoms with van der Waals surface area (Å²) < 4.78 is 6.17. The largest absolute Gasteiger partial charge is 0.465 e. The number of ether oxygens (including phenoxy) is 1. The minimum absolute atomic E-state index is 0.165. The van der Waals surface area contributed by atoms with Gasteiger partial charge < -0.3 is 15.4 Å². The maximum Gasteiger partial charge on any atom is 0.325 e. The smallest absolute Gasteiger partial charge is 0.325 e. The summed E-state index contributed by atoms with van der Waals surface area (Å²) in [4.78, 5) is 22.6. The van der Waals surface area contributed by atoms with Crippen LogP contribution in [0.25, 0.3) is 0 Å². The zero-order valence-electron chi connectivity index (χ0n) is 9.63. The zero-order valence-corrected chi connectivity index (χ0v) is 12.8. The average molecular weight is 380 g/mol. The van der Waals surface area contributed by atoms with Gasteiger partial charge in [-0.2, -0.15) is 0 Å². The molecule has 1 rings (SSSR count). The van der Waals surface area contributed by atoms with Gasteiger partial charge in [0.1, 0.15) is 6.54 Å². The van der Waals surface area contributed by atoms with Crippen LogP contribution < -0.4 is 10.6 Å². The lowest BCUT2D eigenvalue weighted by molar-refractivity contribution is -0.141. The number of hydrogen-bond acceptors (Lipinski definition) is 3. The topological polar surface area (TPSA) is 67.4 Å². The summed E-state index contributed by atoms with van der Waals surface area (Å²) in [5, 5.41) is 5.03. The first-order valence-corrected chi connectivity index (χ1v) is 6.77. The van der Waals surface area contributed by atoms with E-state index in [0.29, 0.717) is 5.69 Å². The van der Waals surface area contributed by atoms with Gasteiger partial charge in [0, 0.05) is 8.95 Å². The number of para-hydroxylation sites is 1. The highest BCUT2D eigenvalue weighted by molar-refractivity contribution is 9.11. The molecule has 2 amide bonds. The van der Waals surface area contributed by atoms with Gasteiger partial charge in [-0.15, -0.1) is 0 Å². The average Bonchev–Trinajstić information content (AvgIpc) is 2.32. The summed E-state index contributed by atoms with van der Waals surface area (Å²) in [6, 6.07) is 4.95. The first kappa shape index (κ1) is 15.0. The summed E-state index contributed by atoms with van der Waals surface area (Å²) in [5.74, 6) is -0.473. The normalized spacial score (nSPS) is 9.72. The Kier molecular flexibility index (Phi) is 6.14. The van der Waals surface area contributed by atoms with Crippen LogP contribution in [0, 0.1) is 0 Å². The van der Waals surface area contributed by atoms with Crippen molar-refractivity contribution in [1.29, 1.82) is 0 Å². The molecule has 0 aliphatic rings. The summed E-state index contributed by atoms with van der Waals surface area (Å²) in [5.41, 5.74) is 0.596. The van der Waals surface area contributed by atoms with Crippen LogP contribution in [0.1, 0.15) is 6.92 Å². The third-order valence-electron chi connectivity index (χ3n) is 1.90. The maximum absolute atomic E-state index is 11.6. The highest BCUT2D eigenvalue weighted by Gasteiger charge is 2.10. The van der Waals surface area contributed by atoms with Crippen LogP contribution in [0.4, 0.5) is 10.5 Å². The van der Waals surface area contributed by atoms with Crippen LogP contribution in [-0.4, -0.2) is 25.2 Å². The second-order valence-electron chi connectivity index (χ2n) is 3.21. The first-order valence-electron chi connectivity index (χ1n) is 5.19. The van der Waals surface area contributed by atoms with Crippen LogP contribution in [0.2, 0.25) is 0 Å². The molecule has 0 spiro atoms. The zero-order chi connectivity index (χ0) is 13.5. The van der Waals surface area contributed by atoms with Gasteiger partial charge in [-0.25, -0.2) is 4.79 Å². The Labute approximate surface area is 122 Å². The fourth-order valence-electron chi connectivity index (χ4n) is 1.14. The van der Waals surface area contributed by atoms with Gasteiger partial charge >= 0.3 is 12.0 Å². The second-order valence-corrected chi connectivity index (χ2v) is 4.92. The van der Waals surface area contributed by atoms with Gasteiger partial charge in [0.25, 0.3) is 0 Å². The van der Waals surface area contributed by atoms with E-state index in [9.17, 15) is 9.59 Å². The van der Waals surface area contributed by atoms with Crippen LogP contribution >= 0.6 is 31.9 Å². The Balaban J connectivity index is 2.52. The molecule has 7 heteroatoms. The number of urea groups is 1. The molecule has 0 atom stereocenters. The number of halogens is 2. The van der Waals surface area contributed by atoms with E-state index in [-0.39, 0.29) is 13.2 Å². The van der Waals surface area contributed by atoms with Crippen molar-refractivity contribution in [3.05, 3.63) is 27.1 Å². The van der Waals surface area contributed by atoms with Crippen molar-refractivity contribution in [3.63, 3.8) is 0 Å². The third-order valence-corrected chi connectivity index (χ3v) is 3.22. The molecule has 0 radical (unpaired) electrons. The van der Waals surface area contributed by atoms with E-state index in [4.69, 9.17) is 0 Å². The Hall–Kier alpha value is -1.08. The molecule has 1 aromatic rings. The molecule has 98 valence electrons. The number of amides is 2. The number of esters is 1. The second kappa shape index (κ2) is 7.38. The molecule has 0 fully saturated rings. The van der Waals surface area contributed by atoms with Crippen molar-refractivity contribution in [1.82, 2.24) is 5.32 Å². The van der Waals surface area contributed by atoms with E-state index >= 15 is 0 Å². The molecule has 0 saturated carbocycles. The van der Waals surface area contributed by atoms with E-state index in [0.717, 1.165) is 8.95 Å². The molecule has 0 bridgehead atoms. The summed E-state index contributed by atoms with van der Waals surface area (Å²) in [6.45, 7) is 1.83. The maximum atomic E-state index is 11.6. The highest BCUT2D eigenvalue weighted by Crippen LogP contribution is 2.30. The van der Waals surface area contributed by atoms with Gasteiger partial charge in [-0.05, 0) is 50.9 Å². The first-order chi connectivity index (χ1) is 8.54. The Morgan fingerprint density at radius 3 is 2.44 bits per heavy atom. The lowest BCUT2D eigenvalue weighted by Gasteiger charge is -2.10. The van der Waals surface area contributed by atoms with Crippen molar-refractivity contribution in [3.8, 4) is 0 Å². The predicted molar refractivity (Wildman–Crippen MR) is 75.5 cm³/mol. The number of benzene rings is 1. The minimum atomic E-state index is -0.476. The molecule has 0 heterocycles. The standard InChI is InChI=1S/C11H12Br2N2O3/c1-2-18-9(16)6-14-11(17)15-10-7(12)4-3-5-8(10)13/h3-5H,2,6H2,1H3,(H2,14,15,17). The van der Waals surface area contributed by atoms with E-state index in [1.807, 2.05) is 6.07 Å². The lowest BCUT2D eigenvalue weighted by Crippen LogP contribution is -2.34. The van der Waals surface area contributed by atoms with E-state index in [1.165, 1.54) is 0 Å².